The van der Waals surface area contributed by atoms with Crippen LogP contribution < -0.4 is 20.1 Å². The van der Waals surface area contributed by atoms with Gasteiger partial charge in [0.05, 0.1) is 19.7 Å². The van der Waals surface area contributed by atoms with Crippen LogP contribution in [0.4, 0.5) is 11.8 Å². The van der Waals surface area contributed by atoms with E-state index >= 15 is 0 Å². The van der Waals surface area contributed by atoms with Gasteiger partial charge in [0, 0.05) is 43.2 Å². The fraction of sp³-hybridized carbons (Fsp3) is 0.318. The highest BCUT2D eigenvalue weighted by atomic mass is 16.5. The quantitative estimate of drug-likeness (QED) is 0.710. The molecule has 0 saturated carbocycles. The molecule has 156 valence electrons. The smallest absolute Gasteiger partial charge is 0.254 e. The normalized spacial score (nSPS) is 14.1. The van der Waals surface area contributed by atoms with Gasteiger partial charge in [-0.3, -0.25) is 4.79 Å². The van der Waals surface area contributed by atoms with E-state index < -0.39 is 0 Å². The lowest BCUT2D eigenvalue weighted by Gasteiger charge is -2.35. The van der Waals surface area contributed by atoms with Gasteiger partial charge in [0.25, 0.3) is 5.91 Å². The van der Waals surface area contributed by atoms with Gasteiger partial charge in [0.15, 0.2) is 11.5 Å². The van der Waals surface area contributed by atoms with Crippen molar-refractivity contribution in [3.05, 3.63) is 47.5 Å². The summed E-state index contributed by atoms with van der Waals surface area (Å²) in [6.45, 7) is 4.42. The first-order chi connectivity index (χ1) is 14.5. The lowest BCUT2D eigenvalue weighted by molar-refractivity contribution is 0.0745. The first-order valence-corrected chi connectivity index (χ1v) is 9.81. The van der Waals surface area contributed by atoms with E-state index in [4.69, 9.17) is 15.2 Å². The first-order valence-electron chi connectivity index (χ1n) is 9.81. The maximum Gasteiger partial charge on any atom is 0.254 e. The Morgan fingerprint density at radius 1 is 1.00 bits per heavy atom. The molecule has 1 aliphatic heterocycles. The van der Waals surface area contributed by atoms with Crippen LogP contribution in [0.15, 0.2) is 36.4 Å². The maximum absolute atomic E-state index is 12.9. The number of nitrogens with two attached hydrogens (primary N) is 1. The van der Waals surface area contributed by atoms with Gasteiger partial charge in [-0.05, 0) is 24.6 Å². The molecule has 0 unspecified atom stereocenters. The highest BCUT2D eigenvalue weighted by molar-refractivity contribution is 5.96. The van der Waals surface area contributed by atoms with Gasteiger partial charge in [-0.2, -0.15) is 4.98 Å². The summed E-state index contributed by atoms with van der Waals surface area (Å²) in [7, 11) is 3.16. The van der Waals surface area contributed by atoms with Crippen molar-refractivity contribution in [3.8, 4) is 11.5 Å². The highest BCUT2D eigenvalue weighted by Gasteiger charge is 2.25. The van der Waals surface area contributed by atoms with Gasteiger partial charge in [-0.25, -0.2) is 4.98 Å². The van der Waals surface area contributed by atoms with Crippen LogP contribution in [0.1, 0.15) is 15.9 Å². The van der Waals surface area contributed by atoms with Gasteiger partial charge in [0.1, 0.15) is 5.82 Å². The Kier molecular flexibility index (Phi) is 5.31. The zero-order valence-corrected chi connectivity index (χ0v) is 17.4. The molecule has 1 saturated heterocycles. The zero-order valence-electron chi connectivity index (χ0n) is 17.4. The minimum absolute atomic E-state index is 0.0588. The zero-order chi connectivity index (χ0) is 21.3. The van der Waals surface area contributed by atoms with Crippen molar-refractivity contribution in [2.45, 2.75) is 6.92 Å². The third kappa shape index (κ3) is 3.56. The Morgan fingerprint density at radius 3 is 2.33 bits per heavy atom. The van der Waals surface area contributed by atoms with E-state index in [1.165, 1.54) is 0 Å². The SMILES string of the molecule is COc1cc2nc(N3CCN(C(=O)c4ccccc4C)CC3)nc(N)c2cc1OC. The number of methoxy groups -OCH3 is 2. The molecule has 1 aromatic heterocycles. The van der Waals surface area contributed by atoms with E-state index in [-0.39, 0.29) is 5.91 Å². The number of carbonyl (C=O) groups excluding carboxylic acids is 1. The maximum atomic E-state index is 12.9. The molecule has 1 amide bonds. The van der Waals surface area contributed by atoms with Crippen LogP contribution >= 0.6 is 0 Å². The number of fused-ring (bicyclic) bond motifs is 1. The Balaban J connectivity index is 1.54. The summed E-state index contributed by atoms with van der Waals surface area (Å²) in [5.74, 6) is 2.16. The number of amides is 1. The van der Waals surface area contributed by atoms with Crippen molar-refractivity contribution in [2.75, 3.05) is 51.0 Å². The lowest BCUT2D eigenvalue weighted by atomic mass is 10.1. The number of rotatable bonds is 4. The molecule has 0 spiro atoms. The number of aryl methyl sites for hydroxylation is 1. The molecule has 30 heavy (non-hydrogen) atoms. The van der Waals surface area contributed by atoms with Crippen LogP contribution in [0.2, 0.25) is 0 Å². The number of nitrogen functional groups attached to an aromatic ring is 1. The molecule has 4 rings (SSSR count). The molecule has 0 bridgehead atoms. The van der Waals surface area contributed by atoms with E-state index in [1.807, 2.05) is 41.0 Å². The van der Waals surface area contributed by atoms with Crippen molar-refractivity contribution in [3.63, 3.8) is 0 Å². The number of piperazine rings is 1. The summed E-state index contributed by atoms with van der Waals surface area (Å²) in [4.78, 5) is 25.9. The van der Waals surface area contributed by atoms with Crippen LogP contribution in [0.5, 0.6) is 11.5 Å². The molecule has 2 aromatic carbocycles. The van der Waals surface area contributed by atoms with E-state index in [1.54, 1.807) is 26.4 Å². The summed E-state index contributed by atoms with van der Waals surface area (Å²) < 4.78 is 10.7. The Bertz CT molecular complexity index is 1090. The van der Waals surface area contributed by atoms with Crippen molar-refractivity contribution >= 4 is 28.6 Å². The van der Waals surface area contributed by atoms with Crippen molar-refractivity contribution in [1.82, 2.24) is 14.9 Å². The number of carbonyl (C=O) groups is 1. The number of benzene rings is 2. The number of anilines is 2. The summed E-state index contributed by atoms with van der Waals surface area (Å²) in [6.07, 6.45) is 0. The molecule has 2 heterocycles. The van der Waals surface area contributed by atoms with Crippen molar-refractivity contribution < 1.29 is 14.3 Å². The largest absolute Gasteiger partial charge is 0.493 e. The fourth-order valence-corrected chi connectivity index (χ4v) is 3.70. The molecule has 0 aliphatic carbocycles. The Morgan fingerprint density at radius 2 is 1.67 bits per heavy atom. The molecule has 8 heteroatoms. The highest BCUT2D eigenvalue weighted by Crippen LogP contribution is 2.34. The molecule has 2 N–H and O–H groups in total. The number of ether oxygens (including phenoxy) is 2. The van der Waals surface area contributed by atoms with Crippen LogP contribution in [0.3, 0.4) is 0 Å². The molecular weight excluding hydrogens is 382 g/mol. The summed E-state index contributed by atoms with van der Waals surface area (Å²) >= 11 is 0. The minimum Gasteiger partial charge on any atom is -0.493 e. The molecule has 0 radical (unpaired) electrons. The predicted molar refractivity (Wildman–Crippen MR) is 116 cm³/mol. The first kappa shape index (κ1) is 19.8. The molecule has 1 aliphatic rings. The van der Waals surface area contributed by atoms with E-state index in [0.29, 0.717) is 60.3 Å². The number of hydrogen-bond donors (Lipinski definition) is 1. The second kappa shape index (κ2) is 8.06. The van der Waals surface area contributed by atoms with Crippen LogP contribution in [0, 0.1) is 6.92 Å². The van der Waals surface area contributed by atoms with E-state index in [2.05, 4.69) is 9.97 Å². The molecule has 0 atom stereocenters. The van der Waals surface area contributed by atoms with Crippen LogP contribution in [-0.2, 0) is 0 Å². The summed E-state index contributed by atoms with van der Waals surface area (Å²) in [6, 6.07) is 11.2. The number of aromatic nitrogens is 2. The molecule has 3 aromatic rings. The Hall–Kier alpha value is -3.55. The number of nitrogens with zero attached hydrogens (tertiary/aromatic N) is 4. The monoisotopic (exact) mass is 407 g/mol. The standard InChI is InChI=1S/C22H25N5O3/c1-14-6-4-5-7-15(14)21(28)26-8-10-27(11-9-26)22-24-17-13-19(30-3)18(29-2)12-16(17)20(23)25-22/h4-7,12-13H,8-11H2,1-3H3,(H2,23,24,25). The fourth-order valence-electron chi connectivity index (χ4n) is 3.70. The van der Waals surface area contributed by atoms with Crippen molar-refractivity contribution in [1.29, 1.82) is 0 Å². The van der Waals surface area contributed by atoms with Gasteiger partial charge in [0.2, 0.25) is 5.95 Å². The minimum atomic E-state index is 0.0588. The predicted octanol–water partition coefficient (Wildman–Crippen LogP) is 2.50. The lowest BCUT2D eigenvalue weighted by Crippen LogP contribution is -2.49. The molecule has 1 fully saturated rings. The third-order valence-corrected chi connectivity index (χ3v) is 5.44. The van der Waals surface area contributed by atoms with Crippen LogP contribution in [0.25, 0.3) is 10.9 Å². The number of hydrogen-bond acceptors (Lipinski definition) is 7. The molecular formula is C22H25N5O3. The third-order valence-electron chi connectivity index (χ3n) is 5.44. The van der Waals surface area contributed by atoms with Gasteiger partial charge in [-0.15, -0.1) is 0 Å². The van der Waals surface area contributed by atoms with Gasteiger partial charge in [-0.1, -0.05) is 18.2 Å². The second-order valence-corrected chi connectivity index (χ2v) is 7.23. The van der Waals surface area contributed by atoms with Gasteiger partial charge < -0.3 is 25.0 Å². The summed E-state index contributed by atoms with van der Waals surface area (Å²) in [5, 5.41) is 0.713. The van der Waals surface area contributed by atoms with Crippen LogP contribution in [-0.4, -0.2) is 61.2 Å². The average molecular weight is 407 g/mol. The second-order valence-electron chi connectivity index (χ2n) is 7.23. The van der Waals surface area contributed by atoms with Gasteiger partial charge >= 0.3 is 0 Å². The van der Waals surface area contributed by atoms with E-state index in [0.717, 1.165) is 11.1 Å². The Labute approximate surface area is 175 Å². The topological polar surface area (TPSA) is 93.8 Å². The average Bonchev–Trinajstić information content (AvgIpc) is 2.78. The summed E-state index contributed by atoms with van der Waals surface area (Å²) in [5.41, 5.74) is 8.63. The van der Waals surface area contributed by atoms with Crippen molar-refractivity contribution in [2.24, 2.45) is 0 Å². The van der Waals surface area contributed by atoms with E-state index in [9.17, 15) is 4.79 Å². The molecule has 8 nitrogen and oxygen atoms in total.